The molecule has 0 unspecified atom stereocenters. The van der Waals surface area contributed by atoms with Gasteiger partial charge in [-0.2, -0.15) is 0 Å². The lowest BCUT2D eigenvalue weighted by Crippen LogP contribution is -2.37. The van der Waals surface area contributed by atoms with Gasteiger partial charge in [0, 0.05) is 37.3 Å². The lowest BCUT2D eigenvalue weighted by molar-refractivity contribution is 0.0718. The van der Waals surface area contributed by atoms with Crippen molar-refractivity contribution < 1.29 is 14.0 Å². The summed E-state index contributed by atoms with van der Waals surface area (Å²) >= 11 is 0. The number of rotatable bonds is 5. The highest BCUT2D eigenvalue weighted by Crippen LogP contribution is 2.15. The van der Waals surface area contributed by atoms with Gasteiger partial charge in [-0.3, -0.25) is 9.59 Å². The van der Waals surface area contributed by atoms with Gasteiger partial charge in [-0.25, -0.2) is 4.39 Å². The van der Waals surface area contributed by atoms with Crippen LogP contribution >= 0.6 is 0 Å². The second-order valence-corrected chi connectivity index (χ2v) is 7.70. The molecule has 0 aliphatic carbocycles. The van der Waals surface area contributed by atoms with Gasteiger partial charge >= 0.3 is 0 Å². The highest BCUT2D eigenvalue weighted by atomic mass is 19.1. The zero-order valence-corrected chi connectivity index (χ0v) is 17.3. The number of carbonyl (C=O) groups is 2. The van der Waals surface area contributed by atoms with E-state index >= 15 is 0 Å². The summed E-state index contributed by atoms with van der Waals surface area (Å²) in [7, 11) is 0. The third-order valence-electron chi connectivity index (χ3n) is 5.50. The van der Waals surface area contributed by atoms with Crippen LogP contribution in [0.5, 0.6) is 0 Å². The molecule has 4 nitrogen and oxygen atoms in total. The molecular weight excluding hydrogens is 367 g/mol. The normalized spacial score (nSPS) is 14.6. The lowest BCUT2D eigenvalue weighted by Gasteiger charge is -2.22. The van der Waals surface area contributed by atoms with Crippen LogP contribution in [0.25, 0.3) is 0 Å². The van der Waals surface area contributed by atoms with Gasteiger partial charge in [0.25, 0.3) is 11.8 Å². The maximum Gasteiger partial charge on any atom is 0.253 e. The molecule has 2 amide bonds. The summed E-state index contributed by atoms with van der Waals surface area (Å²) < 4.78 is 13.5. The van der Waals surface area contributed by atoms with Crippen LogP contribution in [0.4, 0.5) is 4.39 Å². The summed E-state index contributed by atoms with van der Waals surface area (Å²) in [6.07, 6.45) is 4.07. The topological polar surface area (TPSA) is 40.6 Å². The first-order valence-corrected chi connectivity index (χ1v) is 10.4. The molecule has 0 bridgehead atoms. The Bertz CT molecular complexity index is 864. The van der Waals surface area contributed by atoms with Crippen LogP contribution in [0.1, 0.15) is 58.0 Å². The molecule has 1 fully saturated rings. The Hall–Kier alpha value is -2.69. The maximum atomic E-state index is 13.5. The van der Waals surface area contributed by atoms with Gasteiger partial charge in [-0.1, -0.05) is 25.5 Å². The minimum atomic E-state index is -0.310. The molecule has 0 aromatic heterocycles. The van der Waals surface area contributed by atoms with Crippen LogP contribution < -0.4 is 0 Å². The van der Waals surface area contributed by atoms with Crippen LogP contribution in [0.15, 0.2) is 42.5 Å². The van der Waals surface area contributed by atoms with Crippen molar-refractivity contribution >= 4 is 11.8 Å². The first kappa shape index (κ1) is 21.0. The molecule has 1 saturated heterocycles. The molecule has 2 aromatic rings. The second-order valence-electron chi connectivity index (χ2n) is 7.70. The van der Waals surface area contributed by atoms with Crippen molar-refractivity contribution in [2.45, 2.75) is 39.5 Å². The number of unbranched alkanes of at least 4 members (excludes halogenated alkanes) is 1. The average molecular weight is 397 g/mol. The summed E-state index contributed by atoms with van der Waals surface area (Å²) in [4.78, 5) is 29.3. The number of halogens is 1. The highest BCUT2D eigenvalue weighted by molar-refractivity contribution is 5.95. The molecule has 0 saturated carbocycles. The first-order valence-electron chi connectivity index (χ1n) is 10.4. The Morgan fingerprint density at radius 2 is 1.48 bits per heavy atom. The number of aryl methyl sites for hydroxylation is 2. The number of amides is 2. The van der Waals surface area contributed by atoms with Crippen molar-refractivity contribution in [1.82, 2.24) is 9.80 Å². The molecule has 0 radical (unpaired) electrons. The van der Waals surface area contributed by atoms with Crippen molar-refractivity contribution in [3.63, 3.8) is 0 Å². The molecule has 5 heteroatoms. The quantitative estimate of drug-likeness (QED) is 0.748. The van der Waals surface area contributed by atoms with Crippen molar-refractivity contribution in [3.05, 3.63) is 70.5 Å². The summed E-state index contributed by atoms with van der Waals surface area (Å²) in [5.74, 6) is -0.406. The molecule has 154 valence electrons. The van der Waals surface area contributed by atoms with Crippen molar-refractivity contribution in [3.8, 4) is 0 Å². The van der Waals surface area contributed by atoms with E-state index in [4.69, 9.17) is 0 Å². The number of hydrogen-bond acceptors (Lipinski definition) is 2. The summed E-state index contributed by atoms with van der Waals surface area (Å²) in [6.45, 7) is 6.03. The Morgan fingerprint density at radius 1 is 0.897 bits per heavy atom. The number of nitrogens with zero attached hydrogens (tertiary/aromatic N) is 2. The zero-order chi connectivity index (χ0) is 20.8. The van der Waals surface area contributed by atoms with E-state index in [-0.39, 0.29) is 17.6 Å². The smallest absolute Gasteiger partial charge is 0.253 e. The summed E-state index contributed by atoms with van der Waals surface area (Å²) in [6, 6.07) is 12.3. The predicted octanol–water partition coefficient (Wildman–Crippen LogP) is 4.47. The third-order valence-corrected chi connectivity index (χ3v) is 5.50. The van der Waals surface area contributed by atoms with Crippen LogP contribution in [0.3, 0.4) is 0 Å². The van der Waals surface area contributed by atoms with E-state index in [0.717, 1.165) is 25.7 Å². The monoisotopic (exact) mass is 396 g/mol. The fourth-order valence-corrected chi connectivity index (χ4v) is 3.66. The molecule has 29 heavy (non-hydrogen) atoms. The minimum Gasteiger partial charge on any atom is -0.337 e. The van der Waals surface area contributed by atoms with Gasteiger partial charge in [-0.15, -0.1) is 0 Å². The van der Waals surface area contributed by atoms with Gasteiger partial charge in [0.1, 0.15) is 5.82 Å². The minimum absolute atomic E-state index is 0.0129. The van der Waals surface area contributed by atoms with E-state index in [9.17, 15) is 14.0 Å². The fraction of sp³-hybridized carbons (Fsp3) is 0.417. The Kier molecular flexibility index (Phi) is 7.02. The van der Waals surface area contributed by atoms with E-state index in [2.05, 4.69) is 6.92 Å². The number of carbonyl (C=O) groups excluding carboxylic acids is 2. The average Bonchev–Trinajstić information content (AvgIpc) is 3.00. The van der Waals surface area contributed by atoms with Crippen molar-refractivity contribution in [1.29, 1.82) is 0 Å². The molecule has 0 N–H and O–H groups in total. The van der Waals surface area contributed by atoms with Crippen LogP contribution in [0.2, 0.25) is 0 Å². The molecular formula is C24H29FN2O2. The van der Waals surface area contributed by atoms with E-state index in [1.54, 1.807) is 17.9 Å². The largest absolute Gasteiger partial charge is 0.337 e. The lowest BCUT2D eigenvalue weighted by atomic mass is 10.1. The van der Waals surface area contributed by atoms with Gasteiger partial charge in [0.05, 0.1) is 0 Å². The molecule has 1 aliphatic rings. The van der Waals surface area contributed by atoms with Gasteiger partial charge in [0.15, 0.2) is 0 Å². The van der Waals surface area contributed by atoms with Crippen LogP contribution in [-0.4, -0.2) is 47.8 Å². The number of hydrogen-bond donors (Lipinski definition) is 0. The van der Waals surface area contributed by atoms with E-state index in [1.165, 1.54) is 17.7 Å². The predicted molar refractivity (Wildman–Crippen MR) is 113 cm³/mol. The highest BCUT2D eigenvalue weighted by Gasteiger charge is 2.23. The molecule has 0 spiro atoms. The SMILES string of the molecule is CCCCc1ccc(C(=O)N2CCCN(C(=O)c3ccc(F)c(C)c3)CC2)cc1. The van der Waals surface area contributed by atoms with Gasteiger partial charge in [0.2, 0.25) is 0 Å². The van der Waals surface area contributed by atoms with Crippen molar-refractivity contribution in [2.24, 2.45) is 0 Å². The zero-order valence-electron chi connectivity index (χ0n) is 17.3. The molecule has 2 aromatic carbocycles. The second kappa shape index (κ2) is 9.68. The van der Waals surface area contributed by atoms with Gasteiger partial charge in [-0.05, 0) is 67.6 Å². The standard InChI is InChI=1S/C24H29FN2O2/c1-3-4-6-19-7-9-20(10-8-19)23(28)26-13-5-14-27(16-15-26)24(29)21-11-12-22(25)18(2)17-21/h7-12,17H,3-6,13-16H2,1-2H3. The Labute approximate surface area is 172 Å². The summed E-state index contributed by atoms with van der Waals surface area (Å²) in [5.41, 5.74) is 2.90. The molecule has 0 atom stereocenters. The molecule has 3 rings (SSSR count). The van der Waals surface area contributed by atoms with Gasteiger partial charge < -0.3 is 9.80 Å². The first-order chi connectivity index (χ1) is 14.0. The number of benzene rings is 2. The van der Waals surface area contributed by atoms with E-state index in [0.29, 0.717) is 42.9 Å². The third kappa shape index (κ3) is 5.22. The van der Waals surface area contributed by atoms with Crippen LogP contribution in [0, 0.1) is 12.7 Å². The Balaban J connectivity index is 1.62. The van der Waals surface area contributed by atoms with Crippen LogP contribution in [-0.2, 0) is 6.42 Å². The van der Waals surface area contributed by atoms with Crippen molar-refractivity contribution in [2.75, 3.05) is 26.2 Å². The maximum absolute atomic E-state index is 13.5. The summed E-state index contributed by atoms with van der Waals surface area (Å²) in [5, 5.41) is 0. The van der Waals surface area contributed by atoms with E-state index in [1.807, 2.05) is 29.2 Å². The molecule has 1 heterocycles. The fourth-order valence-electron chi connectivity index (χ4n) is 3.66. The molecule has 1 aliphatic heterocycles. The Morgan fingerprint density at radius 3 is 2.07 bits per heavy atom. The van der Waals surface area contributed by atoms with E-state index < -0.39 is 0 Å².